The Kier molecular flexibility index (Phi) is 5.87. The second kappa shape index (κ2) is 7.88. The summed E-state index contributed by atoms with van der Waals surface area (Å²) in [6.45, 7) is 4.63. The molecule has 1 heterocycles. The van der Waals surface area contributed by atoms with Crippen LogP contribution in [0.25, 0.3) is 0 Å². The number of amides is 1. The Morgan fingerprint density at radius 2 is 2.05 bits per heavy atom. The molecule has 0 aliphatic carbocycles. The van der Waals surface area contributed by atoms with Crippen molar-refractivity contribution in [3.05, 3.63) is 54.4 Å². The molecular weight excluding hydrogens is 282 g/mol. The molecule has 2 atom stereocenters. The highest BCUT2D eigenvalue weighted by atomic mass is 32.2. The summed E-state index contributed by atoms with van der Waals surface area (Å²) in [6, 6.07) is 12.2. The SMILES string of the molecule is C[C@H](SCc1ccccc1)C(=O)N[C@@H](C)Cn1cccn1. The topological polar surface area (TPSA) is 46.9 Å². The first-order valence-corrected chi connectivity index (χ1v) is 8.13. The summed E-state index contributed by atoms with van der Waals surface area (Å²) in [5, 5.41) is 7.11. The van der Waals surface area contributed by atoms with E-state index in [0.717, 1.165) is 5.75 Å². The third-order valence-electron chi connectivity index (χ3n) is 3.12. The molecule has 1 aromatic heterocycles. The minimum Gasteiger partial charge on any atom is -0.351 e. The number of thioether (sulfide) groups is 1. The van der Waals surface area contributed by atoms with Crippen molar-refractivity contribution in [3.63, 3.8) is 0 Å². The van der Waals surface area contributed by atoms with E-state index in [-0.39, 0.29) is 17.2 Å². The van der Waals surface area contributed by atoms with Crippen LogP contribution >= 0.6 is 11.8 Å². The summed E-state index contributed by atoms with van der Waals surface area (Å²) in [4.78, 5) is 12.1. The molecule has 2 rings (SSSR count). The molecule has 1 aromatic carbocycles. The van der Waals surface area contributed by atoms with Crippen LogP contribution in [-0.2, 0) is 17.1 Å². The monoisotopic (exact) mass is 303 g/mol. The third-order valence-corrected chi connectivity index (χ3v) is 4.33. The molecule has 112 valence electrons. The summed E-state index contributed by atoms with van der Waals surface area (Å²) in [6.07, 6.45) is 3.64. The minimum absolute atomic E-state index is 0.0646. The molecule has 0 unspecified atom stereocenters. The Labute approximate surface area is 129 Å². The van der Waals surface area contributed by atoms with E-state index < -0.39 is 0 Å². The first-order valence-electron chi connectivity index (χ1n) is 7.08. The van der Waals surface area contributed by atoms with Gasteiger partial charge in [-0.3, -0.25) is 9.48 Å². The standard InChI is InChI=1S/C16H21N3OS/c1-13(11-19-10-6-9-17-19)18-16(20)14(2)21-12-15-7-4-3-5-8-15/h3-10,13-14H,11-12H2,1-2H3,(H,18,20)/t13-,14-/m0/s1. The first-order chi connectivity index (χ1) is 10.1. The van der Waals surface area contributed by atoms with E-state index in [1.54, 1.807) is 18.0 Å². The van der Waals surface area contributed by atoms with Crippen molar-refractivity contribution in [3.8, 4) is 0 Å². The molecule has 1 N–H and O–H groups in total. The number of nitrogens with zero attached hydrogens (tertiary/aromatic N) is 2. The molecule has 21 heavy (non-hydrogen) atoms. The van der Waals surface area contributed by atoms with Gasteiger partial charge in [0.05, 0.1) is 11.8 Å². The van der Waals surface area contributed by atoms with E-state index in [4.69, 9.17) is 0 Å². The summed E-state index contributed by atoms with van der Waals surface area (Å²) >= 11 is 1.65. The van der Waals surface area contributed by atoms with Gasteiger partial charge in [0.1, 0.15) is 0 Å². The lowest BCUT2D eigenvalue weighted by Crippen LogP contribution is -2.40. The zero-order valence-electron chi connectivity index (χ0n) is 12.4. The summed E-state index contributed by atoms with van der Waals surface area (Å²) in [5.74, 6) is 0.929. The number of benzene rings is 1. The number of nitrogens with one attached hydrogen (secondary N) is 1. The fraction of sp³-hybridized carbons (Fsp3) is 0.375. The normalized spacial score (nSPS) is 13.6. The van der Waals surface area contributed by atoms with Crippen LogP contribution in [0.5, 0.6) is 0 Å². The van der Waals surface area contributed by atoms with Crippen LogP contribution in [0.15, 0.2) is 48.8 Å². The predicted molar refractivity (Wildman–Crippen MR) is 87.0 cm³/mol. The maximum atomic E-state index is 12.1. The van der Waals surface area contributed by atoms with Gasteiger partial charge in [-0.2, -0.15) is 5.10 Å². The highest BCUT2D eigenvalue weighted by Gasteiger charge is 2.16. The lowest BCUT2D eigenvalue weighted by molar-refractivity contribution is -0.121. The molecule has 5 heteroatoms. The molecule has 0 aliphatic rings. The number of carbonyl (C=O) groups is 1. The van der Waals surface area contributed by atoms with Crippen LogP contribution < -0.4 is 5.32 Å². The molecule has 0 aliphatic heterocycles. The van der Waals surface area contributed by atoms with E-state index in [0.29, 0.717) is 6.54 Å². The van der Waals surface area contributed by atoms with Gasteiger partial charge < -0.3 is 5.32 Å². The van der Waals surface area contributed by atoms with Crippen molar-refractivity contribution >= 4 is 17.7 Å². The van der Waals surface area contributed by atoms with Gasteiger partial charge in [-0.1, -0.05) is 30.3 Å². The number of aromatic nitrogens is 2. The van der Waals surface area contributed by atoms with Crippen molar-refractivity contribution in [2.24, 2.45) is 0 Å². The lowest BCUT2D eigenvalue weighted by Gasteiger charge is -2.17. The van der Waals surface area contributed by atoms with Crippen molar-refractivity contribution in [2.45, 2.75) is 37.4 Å². The molecule has 0 saturated carbocycles. The van der Waals surface area contributed by atoms with Crippen molar-refractivity contribution in [1.82, 2.24) is 15.1 Å². The molecule has 1 amide bonds. The molecule has 0 saturated heterocycles. The molecule has 0 radical (unpaired) electrons. The Bertz CT molecular complexity index is 542. The quantitative estimate of drug-likeness (QED) is 0.855. The van der Waals surface area contributed by atoms with Crippen LogP contribution in [0.4, 0.5) is 0 Å². The van der Waals surface area contributed by atoms with Gasteiger partial charge in [0.15, 0.2) is 0 Å². The number of hydrogen-bond acceptors (Lipinski definition) is 3. The molecule has 0 bridgehead atoms. The summed E-state index contributed by atoms with van der Waals surface area (Å²) in [7, 11) is 0. The molecule has 2 aromatic rings. The minimum atomic E-state index is -0.0646. The second-order valence-corrected chi connectivity index (χ2v) is 6.41. The van der Waals surface area contributed by atoms with E-state index in [2.05, 4.69) is 22.5 Å². The fourth-order valence-corrected chi connectivity index (χ4v) is 2.82. The maximum Gasteiger partial charge on any atom is 0.233 e. The Morgan fingerprint density at radius 3 is 2.71 bits per heavy atom. The van der Waals surface area contributed by atoms with Crippen LogP contribution in [0, 0.1) is 0 Å². The van der Waals surface area contributed by atoms with Gasteiger partial charge in [-0.15, -0.1) is 11.8 Å². The predicted octanol–water partition coefficient (Wildman–Crippen LogP) is 2.71. The zero-order valence-corrected chi connectivity index (χ0v) is 13.2. The highest BCUT2D eigenvalue weighted by molar-refractivity contribution is 7.99. The van der Waals surface area contributed by atoms with Gasteiger partial charge in [-0.05, 0) is 25.5 Å². The summed E-state index contributed by atoms with van der Waals surface area (Å²) in [5.41, 5.74) is 1.24. The molecule has 0 spiro atoms. The first kappa shape index (κ1) is 15.6. The van der Waals surface area contributed by atoms with Gasteiger partial charge in [-0.25, -0.2) is 0 Å². The Hall–Kier alpha value is -1.75. The van der Waals surface area contributed by atoms with Gasteiger partial charge in [0.2, 0.25) is 5.91 Å². The largest absolute Gasteiger partial charge is 0.351 e. The van der Waals surface area contributed by atoms with E-state index in [9.17, 15) is 4.79 Å². The smallest absolute Gasteiger partial charge is 0.233 e. The molecule has 4 nitrogen and oxygen atoms in total. The lowest BCUT2D eigenvalue weighted by atomic mass is 10.2. The van der Waals surface area contributed by atoms with E-state index in [1.807, 2.05) is 49.0 Å². The third kappa shape index (κ3) is 5.27. The van der Waals surface area contributed by atoms with Crippen molar-refractivity contribution in [2.75, 3.05) is 0 Å². The van der Waals surface area contributed by atoms with Crippen LogP contribution in [0.1, 0.15) is 19.4 Å². The van der Waals surface area contributed by atoms with Crippen LogP contribution in [0.2, 0.25) is 0 Å². The fourth-order valence-electron chi connectivity index (χ4n) is 1.97. The number of rotatable bonds is 7. The van der Waals surface area contributed by atoms with Crippen LogP contribution in [-0.4, -0.2) is 27.0 Å². The maximum absolute atomic E-state index is 12.1. The average Bonchev–Trinajstić information content (AvgIpc) is 2.98. The summed E-state index contributed by atoms with van der Waals surface area (Å²) < 4.78 is 1.83. The zero-order chi connectivity index (χ0) is 15.1. The van der Waals surface area contributed by atoms with Gasteiger partial charge in [0, 0.05) is 24.2 Å². The van der Waals surface area contributed by atoms with Gasteiger partial charge >= 0.3 is 0 Å². The Balaban J connectivity index is 1.74. The molecular formula is C16H21N3OS. The van der Waals surface area contributed by atoms with Crippen molar-refractivity contribution < 1.29 is 4.79 Å². The number of carbonyl (C=O) groups excluding carboxylic acids is 1. The second-order valence-electron chi connectivity index (χ2n) is 5.08. The van der Waals surface area contributed by atoms with E-state index in [1.165, 1.54) is 5.56 Å². The van der Waals surface area contributed by atoms with Gasteiger partial charge in [0.25, 0.3) is 0 Å². The van der Waals surface area contributed by atoms with E-state index >= 15 is 0 Å². The highest BCUT2D eigenvalue weighted by Crippen LogP contribution is 2.17. The Morgan fingerprint density at radius 1 is 1.29 bits per heavy atom. The average molecular weight is 303 g/mol. The van der Waals surface area contributed by atoms with Crippen LogP contribution in [0.3, 0.4) is 0 Å². The molecule has 0 fully saturated rings. The number of hydrogen-bond donors (Lipinski definition) is 1. The van der Waals surface area contributed by atoms with Crippen molar-refractivity contribution in [1.29, 1.82) is 0 Å².